The van der Waals surface area contributed by atoms with Gasteiger partial charge in [-0.15, -0.1) is 5.56 Å². The van der Waals surface area contributed by atoms with Crippen LogP contribution in [0.4, 0.5) is 26.7 Å². The van der Waals surface area contributed by atoms with Gasteiger partial charge in [-0.1, -0.05) is 13.0 Å². The summed E-state index contributed by atoms with van der Waals surface area (Å²) in [5.41, 5.74) is -0.224. The topological polar surface area (TPSA) is 83.6 Å². The average molecular weight is 598 g/mol. The van der Waals surface area contributed by atoms with Crippen LogP contribution in [-0.2, 0) is 12.6 Å². The van der Waals surface area contributed by atoms with Gasteiger partial charge in [-0.05, 0) is 0 Å². The van der Waals surface area contributed by atoms with Crippen LogP contribution in [0.3, 0.4) is 0 Å². The second kappa shape index (κ2) is 9.86. The number of aromatic hydroxyl groups is 1. The van der Waals surface area contributed by atoms with Crippen LogP contribution in [0.15, 0.2) is 12.1 Å². The number of hydrogen-bond acceptors (Lipinski definition) is 3. The molecule has 0 heterocycles. The van der Waals surface area contributed by atoms with E-state index in [9.17, 15) is 22.0 Å². The molecule has 0 unspecified atom stereocenters. The van der Waals surface area contributed by atoms with Crippen molar-refractivity contribution in [2.24, 2.45) is 5.73 Å². The van der Waals surface area contributed by atoms with Crippen molar-refractivity contribution >= 4 is 24.3 Å². The summed E-state index contributed by atoms with van der Waals surface area (Å²) in [6.07, 6.45) is -1.33. The van der Waals surface area contributed by atoms with E-state index in [1.807, 2.05) is 0 Å². The first kappa shape index (κ1) is 24.1. The summed E-state index contributed by atoms with van der Waals surface area (Å²) in [5.74, 6) is -2.38. The Balaban J connectivity index is -0.000000304. The van der Waals surface area contributed by atoms with Gasteiger partial charge in [0.05, 0.1) is 5.75 Å². The van der Waals surface area contributed by atoms with E-state index in [0.29, 0.717) is 6.07 Å². The molecular formula is C11H10F5NO3RfS-2. The summed E-state index contributed by atoms with van der Waals surface area (Å²) in [7, 11) is 0. The predicted molar refractivity (Wildman–Crippen MR) is 67.0 cm³/mol. The third kappa shape index (κ3) is 15.1. The fourth-order valence-electron chi connectivity index (χ4n) is 0.867. The second-order valence-corrected chi connectivity index (χ2v) is 3.71. The molecular weight excluding hydrogens is 588 g/mol. The molecule has 122 valence electrons. The maximum atomic E-state index is 12.6. The SMILES string of the molecule is FC(F)(F)[S-].NC(=O)O.[CH-]=C(C)c1cc(F)cc(F)c1O.[Rf]. The maximum Gasteiger partial charge on any atom is 0.402 e. The van der Waals surface area contributed by atoms with Gasteiger partial charge in [0.25, 0.3) is 5.51 Å². The van der Waals surface area contributed by atoms with Gasteiger partial charge >= 0.3 is 6.09 Å². The summed E-state index contributed by atoms with van der Waals surface area (Å²) in [5, 5.41) is 16.2. The Kier molecular flexibility index (Phi) is 10.8. The van der Waals surface area contributed by atoms with E-state index < -0.39 is 29.0 Å². The van der Waals surface area contributed by atoms with Crippen molar-refractivity contribution < 1.29 is 37.0 Å². The minimum Gasteiger partial charge on any atom is -0.680 e. The Morgan fingerprint density at radius 1 is 1.32 bits per heavy atom. The molecule has 0 aliphatic carbocycles. The standard InChI is InChI=1S/C9H7F2O.CHF3S.CH3NO2.Rf/c1-5(2)7-3-6(10)4-8(11)9(7)12;2-1(3,4)5;2-1(3)4;/h1,3-4,12H,2H3;5H;2H2,(H,3,4);/q-1;;;/p-1. The van der Waals surface area contributed by atoms with Crippen molar-refractivity contribution in [2.45, 2.75) is 12.4 Å². The number of carboxylic acid groups (broad SMARTS) is 1. The molecule has 4 N–H and O–H groups in total. The summed E-state index contributed by atoms with van der Waals surface area (Å²) in [6.45, 7) is 6.73. The van der Waals surface area contributed by atoms with Crippen molar-refractivity contribution in [3.63, 3.8) is 0 Å². The van der Waals surface area contributed by atoms with Crippen molar-refractivity contribution in [3.8, 4) is 5.75 Å². The first-order chi connectivity index (χ1) is 9.25. The van der Waals surface area contributed by atoms with Crippen LogP contribution in [-0.4, -0.2) is 21.8 Å². The van der Waals surface area contributed by atoms with Gasteiger partial charge in [-0.2, -0.15) is 13.2 Å². The number of alkyl halides is 3. The molecule has 0 atom stereocenters. The summed E-state index contributed by atoms with van der Waals surface area (Å²) in [6, 6.07) is 1.58. The maximum absolute atomic E-state index is 12.6. The summed E-state index contributed by atoms with van der Waals surface area (Å²) < 4.78 is 55.7. The molecule has 0 saturated heterocycles. The first-order valence-electron chi connectivity index (χ1n) is 4.78. The van der Waals surface area contributed by atoms with Gasteiger partial charge in [-0.3, -0.25) is 6.58 Å². The summed E-state index contributed by atoms with van der Waals surface area (Å²) >= 11 is 2.83. The number of allylic oxidation sites excluding steroid dienone is 1. The van der Waals surface area contributed by atoms with E-state index in [-0.39, 0.29) is 11.1 Å². The molecule has 1 amide bonds. The molecule has 1 aromatic rings. The number of primary amides is 1. The molecule has 0 spiro atoms. The molecule has 1 aromatic carbocycles. The third-order valence-electron chi connectivity index (χ3n) is 1.45. The van der Waals surface area contributed by atoms with E-state index in [4.69, 9.17) is 21.6 Å². The van der Waals surface area contributed by atoms with Gasteiger partial charge in [-0.25, -0.2) is 19.1 Å². The molecule has 22 heavy (non-hydrogen) atoms. The smallest absolute Gasteiger partial charge is 0.402 e. The fraction of sp³-hybridized carbons (Fsp3) is 0.182. The van der Waals surface area contributed by atoms with Crippen LogP contribution < -0.4 is 5.73 Å². The Labute approximate surface area is 122 Å². The Morgan fingerprint density at radius 3 is 1.91 bits per heavy atom. The van der Waals surface area contributed by atoms with Gasteiger partial charge in [0.1, 0.15) is 11.6 Å². The number of halogens is 5. The normalized spacial score (nSPS) is 9.23. The number of phenols is 1. The monoisotopic (exact) mass is 598 g/mol. The number of phenolic OH excluding ortho intramolecular Hbond substituents is 1. The van der Waals surface area contributed by atoms with Crippen molar-refractivity contribution in [1.29, 1.82) is 0 Å². The average Bonchev–Trinajstić information content (AvgIpc) is 2.19. The largest absolute Gasteiger partial charge is 0.680 e. The molecule has 0 fully saturated rings. The number of hydrogen-bond donors (Lipinski definition) is 3. The van der Waals surface area contributed by atoms with Crippen LogP contribution in [0.5, 0.6) is 5.75 Å². The van der Waals surface area contributed by atoms with Crippen molar-refractivity contribution in [1.82, 2.24) is 0 Å². The molecule has 11 heteroatoms. The predicted octanol–water partition coefficient (Wildman–Crippen LogP) is 3.18. The molecule has 4 nitrogen and oxygen atoms in total. The zero-order valence-electron chi connectivity index (χ0n) is 11.1. The van der Waals surface area contributed by atoms with Crippen LogP contribution in [0.25, 0.3) is 5.57 Å². The molecule has 0 saturated carbocycles. The Bertz CT molecular complexity index is 501. The minimum atomic E-state index is -4.42. The third-order valence-corrected chi connectivity index (χ3v) is 1.45. The Morgan fingerprint density at radius 2 is 1.64 bits per heavy atom. The van der Waals surface area contributed by atoms with Gasteiger partial charge in [0.15, 0.2) is 0 Å². The van der Waals surface area contributed by atoms with Gasteiger partial charge in [0, 0.05) is 6.07 Å². The van der Waals surface area contributed by atoms with E-state index >= 15 is 0 Å². The molecule has 0 aliphatic rings. The molecule has 0 aromatic heterocycles. The minimum absolute atomic E-state index is 0. The number of amides is 1. The van der Waals surface area contributed by atoms with E-state index in [1.165, 1.54) is 6.92 Å². The van der Waals surface area contributed by atoms with Crippen molar-refractivity contribution in [2.75, 3.05) is 0 Å². The molecule has 0 bridgehead atoms. The summed E-state index contributed by atoms with van der Waals surface area (Å²) in [4.78, 5) is 8.78. The quantitative estimate of drug-likeness (QED) is 0.264. The number of benzene rings is 1. The number of carbonyl (C=O) groups is 1. The first-order valence-corrected chi connectivity index (χ1v) is 5.19. The zero-order chi connectivity index (χ0) is 17.4. The fourth-order valence-corrected chi connectivity index (χ4v) is 0.867. The molecule has 0 radical (unpaired) electrons. The van der Waals surface area contributed by atoms with E-state index in [1.54, 1.807) is 0 Å². The van der Waals surface area contributed by atoms with Crippen LogP contribution in [0, 0.1) is 18.2 Å². The van der Waals surface area contributed by atoms with Crippen molar-refractivity contribution in [3.05, 3.63) is 35.9 Å². The van der Waals surface area contributed by atoms with Crippen LogP contribution >= 0.6 is 0 Å². The Hall–Kier alpha value is -2.97. The molecule has 0 aliphatic heterocycles. The van der Waals surface area contributed by atoms with Gasteiger partial charge < -0.3 is 28.6 Å². The second-order valence-electron chi connectivity index (χ2n) is 3.25. The van der Waals surface area contributed by atoms with Gasteiger partial charge in [0.2, 0.25) is 0 Å². The number of nitrogens with two attached hydrogens (primary N) is 1. The number of rotatable bonds is 1. The van der Waals surface area contributed by atoms with E-state index in [0.717, 1.165) is 6.07 Å². The zero-order valence-corrected chi connectivity index (χ0v) is 18.3. The van der Waals surface area contributed by atoms with Crippen LogP contribution in [0.2, 0.25) is 0 Å². The van der Waals surface area contributed by atoms with E-state index in [2.05, 4.69) is 18.4 Å². The molecule has 1 rings (SSSR count). The van der Waals surface area contributed by atoms with Crippen LogP contribution in [0.1, 0.15) is 12.5 Å².